The Morgan fingerprint density at radius 2 is 2.44 bits per heavy atom. The quantitative estimate of drug-likeness (QED) is 0.665. The van der Waals surface area contributed by atoms with Crippen LogP contribution in [0.3, 0.4) is 0 Å². The summed E-state index contributed by atoms with van der Waals surface area (Å²) in [6, 6.07) is 0.151. The minimum Gasteiger partial charge on any atom is -0.342 e. The van der Waals surface area contributed by atoms with Crippen LogP contribution in [-0.4, -0.2) is 26.9 Å². The average Bonchev–Trinajstić information content (AvgIpc) is 2.61. The van der Waals surface area contributed by atoms with Crippen LogP contribution >= 0.6 is 0 Å². The van der Waals surface area contributed by atoms with Gasteiger partial charge in [-0.3, -0.25) is 9.48 Å². The van der Waals surface area contributed by atoms with Gasteiger partial charge in [0, 0.05) is 19.5 Å². The Kier molecular flexibility index (Phi) is 2.91. The Balaban J connectivity index is 2.04. The smallest absolute Gasteiger partial charge is 0.296 e. The fourth-order valence-corrected chi connectivity index (χ4v) is 1.97. The van der Waals surface area contributed by atoms with Gasteiger partial charge >= 0.3 is 0 Å². The molecule has 1 N–H and O–H groups in total. The number of carbonyl (C=O) groups is 1. The molecule has 0 spiro atoms. The summed E-state index contributed by atoms with van der Waals surface area (Å²) in [5.74, 6) is 4.88. The van der Waals surface area contributed by atoms with Crippen LogP contribution in [0, 0.1) is 11.8 Å². The van der Waals surface area contributed by atoms with Crippen LogP contribution < -0.4 is 5.32 Å². The highest BCUT2D eigenvalue weighted by molar-refractivity contribution is 5.93. The van der Waals surface area contributed by atoms with Crippen molar-refractivity contribution in [3.63, 3.8) is 0 Å². The van der Waals surface area contributed by atoms with Gasteiger partial charge in [0.25, 0.3) is 5.91 Å². The first-order valence-electron chi connectivity index (χ1n) is 5.31. The van der Waals surface area contributed by atoms with E-state index in [2.05, 4.69) is 27.5 Å². The molecule has 5 heteroatoms. The highest BCUT2D eigenvalue weighted by atomic mass is 16.1. The number of fused-ring (bicyclic) bond motifs is 1. The Bertz CT molecular complexity index is 466. The number of carbonyl (C=O) groups excluding carboxylic acids is 1. The zero-order valence-corrected chi connectivity index (χ0v) is 9.45. The Morgan fingerprint density at radius 1 is 1.62 bits per heavy atom. The first-order chi connectivity index (χ1) is 7.70. The van der Waals surface area contributed by atoms with E-state index in [1.54, 1.807) is 11.6 Å². The van der Waals surface area contributed by atoms with Crippen molar-refractivity contribution in [2.75, 3.05) is 0 Å². The molecule has 1 aromatic heterocycles. The lowest BCUT2D eigenvalue weighted by molar-refractivity contribution is -0.116. The van der Waals surface area contributed by atoms with Gasteiger partial charge in [0.15, 0.2) is 0 Å². The summed E-state index contributed by atoms with van der Waals surface area (Å²) in [7, 11) is 1.88. The van der Waals surface area contributed by atoms with E-state index in [-0.39, 0.29) is 11.9 Å². The summed E-state index contributed by atoms with van der Waals surface area (Å²) in [4.78, 5) is 11.3. The van der Waals surface area contributed by atoms with E-state index < -0.39 is 0 Å². The predicted octanol–water partition coefficient (Wildman–Crippen LogP) is -0.188. The number of nitrogens with zero attached hydrogens (tertiary/aromatic N) is 3. The highest BCUT2D eigenvalue weighted by Gasteiger charge is 2.23. The molecule has 1 aliphatic carbocycles. The number of aromatic nitrogens is 3. The molecule has 0 fully saturated rings. The van der Waals surface area contributed by atoms with Crippen LogP contribution in [0.2, 0.25) is 0 Å². The molecule has 1 unspecified atom stereocenters. The van der Waals surface area contributed by atoms with E-state index in [9.17, 15) is 4.79 Å². The first kappa shape index (κ1) is 10.7. The molecule has 0 saturated carbocycles. The van der Waals surface area contributed by atoms with Crippen LogP contribution in [0.5, 0.6) is 0 Å². The van der Waals surface area contributed by atoms with Gasteiger partial charge in [0.05, 0.1) is 11.4 Å². The molecule has 0 aromatic carbocycles. The van der Waals surface area contributed by atoms with E-state index >= 15 is 0 Å². The summed E-state index contributed by atoms with van der Waals surface area (Å²) in [6.45, 7) is 1.66. The average molecular weight is 218 g/mol. The number of amides is 1. The lowest BCUT2D eigenvalue weighted by Crippen LogP contribution is -2.38. The second-order valence-electron chi connectivity index (χ2n) is 3.89. The van der Waals surface area contributed by atoms with Crippen LogP contribution in [0.4, 0.5) is 0 Å². The third kappa shape index (κ3) is 2.06. The van der Waals surface area contributed by atoms with Crippen molar-refractivity contribution in [2.45, 2.75) is 32.2 Å². The van der Waals surface area contributed by atoms with E-state index in [0.29, 0.717) is 0 Å². The molecule has 0 saturated heterocycles. The van der Waals surface area contributed by atoms with Gasteiger partial charge < -0.3 is 5.32 Å². The van der Waals surface area contributed by atoms with Gasteiger partial charge in [0.2, 0.25) is 0 Å². The summed E-state index contributed by atoms with van der Waals surface area (Å²) in [5, 5.41) is 10.9. The Hall–Kier alpha value is -1.83. The molecule has 1 atom stereocenters. The second kappa shape index (κ2) is 4.35. The van der Waals surface area contributed by atoms with Gasteiger partial charge in [-0.1, -0.05) is 11.1 Å². The summed E-state index contributed by atoms with van der Waals surface area (Å²) >= 11 is 0. The van der Waals surface area contributed by atoms with Gasteiger partial charge in [-0.15, -0.1) is 5.10 Å². The lowest BCUT2D eigenvalue weighted by atomic mass is 9.96. The number of nitrogens with one attached hydrogen (secondary N) is 1. The molecule has 1 aromatic rings. The molecule has 16 heavy (non-hydrogen) atoms. The number of hydrogen-bond acceptors (Lipinski definition) is 3. The molecule has 0 radical (unpaired) electrons. The zero-order chi connectivity index (χ0) is 11.5. The maximum Gasteiger partial charge on any atom is 0.296 e. The van der Waals surface area contributed by atoms with Crippen molar-refractivity contribution in [3.8, 4) is 11.8 Å². The van der Waals surface area contributed by atoms with Crippen LogP contribution in [0.1, 0.15) is 24.7 Å². The largest absolute Gasteiger partial charge is 0.342 e. The predicted molar refractivity (Wildman–Crippen MR) is 58.4 cm³/mol. The van der Waals surface area contributed by atoms with Crippen LogP contribution in [0.25, 0.3) is 0 Å². The Labute approximate surface area is 94.2 Å². The van der Waals surface area contributed by atoms with Crippen molar-refractivity contribution in [1.82, 2.24) is 20.3 Å². The second-order valence-corrected chi connectivity index (χ2v) is 3.89. The van der Waals surface area contributed by atoms with E-state index in [1.807, 2.05) is 7.05 Å². The third-order valence-corrected chi connectivity index (χ3v) is 2.77. The van der Waals surface area contributed by atoms with Crippen molar-refractivity contribution in [2.24, 2.45) is 7.05 Å². The topological polar surface area (TPSA) is 59.8 Å². The number of rotatable bonds is 1. The fraction of sp³-hybridized carbons (Fsp3) is 0.545. The maximum absolute atomic E-state index is 11.3. The molecule has 5 nitrogen and oxygen atoms in total. The van der Waals surface area contributed by atoms with Crippen molar-refractivity contribution >= 4 is 5.91 Å². The summed E-state index contributed by atoms with van der Waals surface area (Å²) in [5.41, 5.74) is 2.16. The van der Waals surface area contributed by atoms with E-state index in [1.165, 1.54) is 0 Å². The minimum absolute atomic E-state index is 0.151. The summed E-state index contributed by atoms with van der Waals surface area (Å²) in [6.07, 6.45) is 2.56. The SMILES string of the molecule is CC#CC(=O)NC1CCc2nnn(C)c2C1. The van der Waals surface area contributed by atoms with Gasteiger partial charge in [-0.25, -0.2) is 0 Å². The number of aryl methyl sites for hydroxylation is 2. The molecule has 0 bridgehead atoms. The molecule has 1 heterocycles. The maximum atomic E-state index is 11.3. The van der Waals surface area contributed by atoms with E-state index in [4.69, 9.17) is 0 Å². The molecule has 0 aliphatic heterocycles. The van der Waals surface area contributed by atoms with Crippen LogP contribution in [-0.2, 0) is 24.7 Å². The number of hydrogen-bond donors (Lipinski definition) is 1. The molecular weight excluding hydrogens is 204 g/mol. The lowest BCUT2D eigenvalue weighted by Gasteiger charge is -2.21. The molecule has 1 amide bonds. The van der Waals surface area contributed by atoms with E-state index in [0.717, 1.165) is 30.7 Å². The molecule has 1 aliphatic rings. The Morgan fingerprint density at radius 3 is 3.19 bits per heavy atom. The zero-order valence-electron chi connectivity index (χ0n) is 9.45. The third-order valence-electron chi connectivity index (χ3n) is 2.77. The van der Waals surface area contributed by atoms with Gasteiger partial charge in [-0.05, 0) is 25.7 Å². The van der Waals surface area contributed by atoms with Crippen molar-refractivity contribution in [1.29, 1.82) is 0 Å². The fourth-order valence-electron chi connectivity index (χ4n) is 1.97. The standard InChI is InChI=1S/C11H14N4O/c1-3-4-11(16)12-8-5-6-9-10(7-8)15(2)14-13-9/h8H,5-7H2,1-2H3,(H,12,16). The van der Waals surface area contributed by atoms with Crippen molar-refractivity contribution in [3.05, 3.63) is 11.4 Å². The molecule has 84 valence electrons. The monoisotopic (exact) mass is 218 g/mol. The molecule has 2 rings (SSSR count). The van der Waals surface area contributed by atoms with Crippen molar-refractivity contribution < 1.29 is 4.79 Å². The minimum atomic E-state index is -0.203. The van der Waals surface area contributed by atoms with Gasteiger partial charge in [0.1, 0.15) is 0 Å². The highest BCUT2D eigenvalue weighted by Crippen LogP contribution is 2.18. The first-order valence-corrected chi connectivity index (χ1v) is 5.31. The summed E-state index contributed by atoms with van der Waals surface area (Å²) < 4.78 is 1.78. The molecular formula is C11H14N4O. The van der Waals surface area contributed by atoms with Crippen LogP contribution in [0.15, 0.2) is 0 Å². The normalized spacial score (nSPS) is 18.2. The van der Waals surface area contributed by atoms with Gasteiger partial charge in [-0.2, -0.15) is 0 Å².